The Morgan fingerprint density at radius 2 is 1.86 bits per heavy atom. The molecule has 2 N–H and O–H groups in total. The lowest BCUT2D eigenvalue weighted by atomic mass is 10.2. The molecule has 2 rings (SSSR count). The fourth-order valence-corrected chi connectivity index (χ4v) is 2.72. The minimum absolute atomic E-state index is 0.0208. The molecule has 0 fully saturated rings. The van der Waals surface area contributed by atoms with Gasteiger partial charge in [-0.25, -0.2) is 22.3 Å². The zero-order valence-electron chi connectivity index (χ0n) is 10.5. The third kappa shape index (κ3) is 3.99. The van der Waals surface area contributed by atoms with Gasteiger partial charge in [-0.05, 0) is 51.8 Å². The van der Waals surface area contributed by atoms with Crippen LogP contribution in [0.2, 0.25) is 0 Å². The van der Waals surface area contributed by atoms with Crippen molar-refractivity contribution < 1.29 is 21.9 Å². The summed E-state index contributed by atoms with van der Waals surface area (Å²) in [4.78, 5) is -0.441. The van der Waals surface area contributed by atoms with Gasteiger partial charge >= 0.3 is 0 Å². The van der Waals surface area contributed by atoms with Gasteiger partial charge in [0.05, 0.1) is 4.47 Å². The molecule has 0 heterocycles. The predicted molar refractivity (Wildman–Crippen MR) is 76.2 cm³/mol. The molecule has 2 aromatic carbocycles. The summed E-state index contributed by atoms with van der Waals surface area (Å²) in [7, 11) is -4.11. The largest absolute Gasteiger partial charge is 0.487 e. The first kappa shape index (κ1) is 15.9. The van der Waals surface area contributed by atoms with Gasteiger partial charge in [0.1, 0.15) is 28.9 Å². The fraction of sp³-hybridized carbons (Fsp3) is 0.0769. The maximum Gasteiger partial charge on any atom is 0.241 e. The van der Waals surface area contributed by atoms with E-state index in [1.807, 2.05) is 0 Å². The summed E-state index contributed by atoms with van der Waals surface area (Å²) in [6.45, 7) is -0.0208. The Kier molecular flexibility index (Phi) is 4.60. The highest BCUT2D eigenvalue weighted by Crippen LogP contribution is 2.25. The first-order chi connectivity index (χ1) is 9.77. The summed E-state index contributed by atoms with van der Waals surface area (Å²) in [5.41, 5.74) is 0.605. The Hall–Kier alpha value is -1.51. The second kappa shape index (κ2) is 6.08. The van der Waals surface area contributed by atoms with Crippen molar-refractivity contribution in [2.24, 2.45) is 5.14 Å². The molecule has 0 bridgehead atoms. The second-order valence-corrected chi connectivity index (χ2v) is 6.56. The molecule has 0 aliphatic carbocycles. The predicted octanol–water partition coefficient (Wildman–Crippen LogP) is 2.95. The molecular formula is C13H10BrF2NO3S. The first-order valence-corrected chi connectivity index (χ1v) is 8.00. The monoisotopic (exact) mass is 377 g/mol. The lowest BCUT2D eigenvalue weighted by Gasteiger charge is -2.10. The molecular weight excluding hydrogens is 368 g/mol. The van der Waals surface area contributed by atoms with Crippen LogP contribution in [-0.4, -0.2) is 8.42 Å². The summed E-state index contributed by atoms with van der Waals surface area (Å²) >= 11 is 3.03. The average molecular weight is 378 g/mol. The van der Waals surface area contributed by atoms with Gasteiger partial charge in [0.25, 0.3) is 0 Å². The molecule has 0 saturated heterocycles. The van der Waals surface area contributed by atoms with E-state index in [0.29, 0.717) is 5.56 Å². The van der Waals surface area contributed by atoms with E-state index >= 15 is 0 Å². The number of halogens is 3. The third-order valence-corrected chi connectivity index (χ3v) is 4.13. The number of hydrogen-bond donors (Lipinski definition) is 1. The summed E-state index contributed by atoms with van der Waals surface area (Å²) in [6, 6.07) is 7.24. The van der Waals surface area contributed by atoms with E-state index in [-0.39, 0.29) is 16.8 Å². The van der Waals surface area contributed by atoms with Crippen LogP contribution < -0.4 is 9.88 Å². The number of hydrogen-bond acceptors (Lipinski definition) is 3. The van der Waals surface area contributed by atoms with Crippen LogP contribution in [-0.2, 0) is 16.6 Å². The molecule has 4 nitrogen and oxygen atoms in total. The minimum atomic E-state index is -4.11. The molecule has 0 atom stereocenters. The molecule has 8 heteroatoms. The van der Waals surface area contributed by atoms with Gasteiger partial charge in [-0.2, -0.15) is 0 Å². The Balaban J connectivity index is 2.26. The summed E-state index contributed by atoms with van der Waals surface area (Å²) in [5, 5.41) is 5.01. The molecule has 0 aliphatic rings. The zero-order chi connectivity index (χ0) is 15.6. The highest BCUT2D eigenvalue weighted by atomic mass is 79.9. The minimum Gasteiger partial charge on any atom is -0.487 e. The topological polar surface area (TPSA) is 69.4 Å². The Labute approximate surface area is 128 Å². The summed E-state index contributed by atoms with van der Waals surface area (Å²) in [5.74, 6) is -1.24. The maximum absolute atomic E-state index is 13.1. The van der Waals surface area contributed by atoms with Crippen LogP contribution in [0.25, 0.3) is 0 Å². The standard InChI is InChI=1S/C13H10BrF2NO3S/c14-10-5-8(1-3-11(10)16)7-20-12-4-2-9(15)6-13(12)21(17,18)19/h1-6H,7H2,(H2,17,18,19). The molecule has 0 saturated carbocycles. The number of rotatable bonds is 4. The normalized spacial score (nSPS) is 11.4. The SMILES string of the molecule is NS(=O)(=O)c1cc(F)ccc1OCc1ccc(F)c(Br)c1. The van der Waals surface area contributed by atoms with Crippen molar-refractivity contribution in [2.45, 2.75) is 11.5 Å². The van der Waals surface area contributed by atoms with E-state index in [9.17, 15) is 17.2 Å². The van der Waals surface area contributed by atoms with Crippen molar-refractivity contribution in [2.75, 3.05) is 0 Å². The average Bonchev–Trinajstić information content (AvgIpc) is 2.40. The van der Waals surface area contributed by atoms with E-state index < -0.39 is 26.6 Å². The number of primary sulfonamides is 1. The lowest BCUT2D eigenvalue weighted by molar-refractivity contribution is 0.297. The van der Waals surface area contributed by atoms with Crippen molar-refractivity contribution in [3.63, 3.8) is 0 Å². The van der Waals surface area contributed by atoms with E-state index in [0.717, 1.165) is 12.1 Å². The van der Waals surface area contributed by atoms with E-state index in [1.54, 1.807) is 0 Å². The smallest absolute Gasteiger partial charge is 0.241 e. The Morgan fingerprint density at radius 1 is 1.14 bits per heavy atom. The van der Waals surface area contributed by atoms with Crippen molar-refractivity contribution in [1.82, 2.24) is 0 Å². The second-order valence-electron chi connectivity index (χ2n) is 4.17. The maximum atomic E-state index is 13.1. The van der Waals surface area contributed by atoms with Gasteiger partial charge in [-0.3, -0.25) is 0 Å². The highest BCUT2D eigenvalue weighted by molar-refractivity contribution is 9.10. The molecule has 0 spiro atoms. The molecule has 2 aromatic rings. The van der Waals surface area contributed by atoms with Crippen LogP contribution in [0.4, 0.5) is 8.78 Å². The van der Waals surface area contributed by atoms with Gasteiger partial charge in [-0.1, -0.05) is 6.07 Å². The van der Waals surface area contributed by atoms with Gasteiger partial charge in [0.2, 0.25) is 10.0 Å². The highest BCUT2D eigenvalue weighted by Gasteiger charge is 2.16. The van der Waals surface area contributed by atoms with E-state index in [1.165, 1.54) is 24.3 Å². The van der Waals surface area contributed by atoms with E-state index in [2.05, 4.69) is 15.9 Å². The molecule has 0 aromatic heterocycles. The molecule has 0 radical (unpaired) electrons. The number of benzene rings is 2. The van der Waals surface area contributed by atoms with Crippen molar-refractivity contribution in [1.29, 1.82) is 0 Å². The number of nitrogens with two attached hydrogens (primary N) is 1. The molecule has 21 heavy (non-hydrogen) atoms. The van der Waals surface area contributed by atoms with E-state index in [4.69, 9.17) is 9.88 Å². The molecule has 0 amide bonds. The van der Waals surface area contributed by atoms with Crippen LogP contribution in [0.15, 0.2) is 45.8 Å². The van der Waals surface area contributed by atoms with Crippen LogP contribution in [0.5, 0.6) is 5.75 Å². The quantitative estimate of drug-likeness (QED) is 0.890. The van der Waals surface area contributed by atoms with Gasteiger partial charge in [0.15, 0.2) is 0 Å². The van der Waals surface area contributed by atoms with Crippen LogP contribution >= 0.6 is 15.9 Å². The number of ether oxygens (including phenoxy) is 1. The van der Waals surface area contributed by atoms with Crippen molar-refractivity contribution >= 4 is 26.0 Å². The summed E-state index contributed by atoms with van der Waals surface area (Å²) in [6.07, 6.45) is 0. The molecule has 0 unspecified atom stereocenters. The van der Waals surface area contributed by atoms with Crippen LogP contribution in [0.3, 0.4) is 0 Å². The Bertz CT molecular complexity index is 781. The van der Waals surface area contributed by atoms with Crippen LogP contribution in [0, 0.1) is 11.6 Å². The first-order valence-electron chi connectivity index (χ1n) is 5.66. The van der Waals surface area contributed by atoms with Gasteiger partial charge < -0.3 is 4.74 Å². The van der Waals surface area contributed by atoms with Crippen molar-refractivity contribution in [3.8, 4) is 5.75 Å². The lowest BCUT2D eigenvalue weighted by Crippen LogP contribution is -2.14. The van der Waals surface area contributed by atoms with Crippen molar-refractivity contribution in [3.05, 3.63) is 58.1 Å². The fourth-order valence-electron chi connectivity index (χ4n) is 1.61. The molecule has 112 valence electrons. The van der Waals surface area contributed by atoms with Crippen LogP contribution in [0.1, 0.15) is 5.56 Å². The Morgan fingerprint density at radius 3 is 2.48 bits per heavy atom. The van der Waals surface area contributed by atoms with Gasteiger partial charge in [0, 0.05) is 0 Å². The summed E-state index contributed by atoms with van der Waals surface area (Å²) < 4.78 is 54.6. The number of sulfonamides is 1. The zero-order valence-corrected chi connectivity index (χ0v) is 12.9. The third-order valence-electron chi connectivity index (χ3n) is 2.59. The molecule has 0 aliphatic heterocycles. The van der Waals surface area contributed by atoms with Gasteiger partial charge in [-0.15, -0.1) is 0 Å².